The van der Waals surface area contributed by atoms with Crippen molar-refractivity contribution in [1.29, 1.82) is 0 Å². The average Bonchev–Trinajstić information content (AvgIpc) is 3.06. The smallest absolute Gasteiger partial charge is 0.173 e. The lowest BCUT2D eigenvalue weighted by atomic mass is 10.1. The van der Waals surface area contributed by atoms with E-state index in [1.165, 1.54) is 37.4 Å². The topological polar surface area (TPSA) is 51.1 Å². The van der Waals surface area contributed by atoms with E-state index in [2.05, 4.69) is 4.90 Å². The highest BCUT2D eigenvalue weighted by atomic mass is 32.2. The number of hydrogen-bond donors (Lipinski definition) is 0. The van der Waals surface area contributed by atoms with E-state index in [0.29, 0.717) is 36.0 Å². The molecule has 0 atom stereocenters. The Morgan fingerprint density at radius 2 is 1.66 bits per heavy atom. The van der Waals surface area contributed by atoms with Crippen LogP contribution in [0.3, 0.4) is 0 Å². The van der Waals surface area contributed by atoms with Crippen molar-refractivity contribution in [3.63, 3.8) is 0 Å². The van der Waals surface area contributed by atoms with Gasteiger partial charge in [-0.25, -0.2) is 4.99 Å². The van der Waals surface area contributed by atoms with Gasteiger partial charge in [0.05, 0.1) is 11.4 Å². The molecule has 0 spiro atoms. The molecule has 2 aromatic rings. The number of fused-ring (bicyclic) bond motifs is 1. The fraction of sp³-hybridized carbons (Fsp3) is 0.391. The number of benzene rings is 2. The van der Waals surface area contributed by atoms with Gasteiger partial charge in [-0.05, 0) is 43.2 Å². The number of ketones is 1. The van der Waals surface area contributed by atoms with Gasteiger partial charge in [0.25, 0.3) is 0 Å². The zero-order valence-corrected chi connectivity index (χ0v) is 17.3. The van der Waals surface area contributed by atoms with Crippen molar-refractivity contribution in [2.45, 2.75) is 25.7 Å². The molecule has 5 nitrogen and oxygen atoms in total. The molecule has 2 aliphatic heterocycles. The fourth-order valence-corrected chi connectivity index (χ4v) is 4.46. The summed E-state index contributed by atoms with van der Waals surface area (Å²) >= 11 is 1.53. The number of aliphatic imine (C=N–C) groups is 1. The first-order valence-corrected chi connectivity index (χ1v) is 11.2. The maximum Gasteiger partial charge on any atom is 0.173 e. The summed E-state index contributed by atoms with van der Waals surface area (Å²) < 4.78 is 11.2. The summed E-state index contributed by atoms with van der Waals surface area (Å²) in [6, 6.07) is 15.4. The monoisotopic (exact) mass is 410 g/mol. The third-order valence-corrected chi connectivity index (χ3v) is 6.07. The van der Waals surface area contributed by atoms with E-state index in [1.807, 2.05) is 42.5 Å². The van der Waals surface area contributed by atoms with Crippen LogP contribution in [0.15, 0.2) is 53.5 Å². The zero-order chi connectivity index (χ0) is 19.9. The molecule has 0 saturated carbocycles. The second-order valence-corrected chi connectivity index (χ2v) is 8.14. The molecule has 0 bridgehead atoms. The minimum atomic E-state index is 0.0718. The Balaban J connectivity index is 1.48. The Bertz CT molecular complexity index is 862. The Morgan fingerprint density at radius 1 is 0.931 bits per heavy atom. The van der Waals surface area contributed by atoms with E-state index in [0.717, 1.165) is 23.9 Å². The number of carbonyl (C=O) groups is 1. The standard InChI is InChI=1S/C23H26N2O3S/c26-20(18-10-11-21-22(16-18)28-15-14-27-21)17-29-23(24-19-8-4-3-5-9-19)25-12-6-1-2-7-13-25/h3-5,8-11,16H,1-2,6-7,12-15,17H2. The zero-order valence-electron chi connectivity index (χ0n) is 16.5. The number of nitrogens with zero attached hydrogens (tertiary/aromatic N) is 2. The van der Waals surface area contributed by atoms with Crippen LogP contribution in [-0.4, -0.2) is 47.9 Å². The quantitative estimate of drug-likeness (QED) is 0.406. The number of likely N-dealkylation sites (tertiary alicyclic amines) is 1. The van der Waals surface area contributed by atoms with E-state index in [1.54, 1.807) is 6.07 Å². The molecule has 0 N–H and O–H groups in total. The number of thioether (sulfide) groups is 1. The maximum atomic E-state index is 12.8. The van der Waals surface area contributed by atoms with Gasteiger partial charge in [-0.2, -0.15) is 0 Å². The van der Waals surface area contributed by atoms with Gasteiger partial charge in [0, 0.05) is 18.7 Å². The Kier molecular flexibility index (Phi) is 6.72. The van der Waals surface area contributed by atoms with Crippen molar-refractivity contribution in [3.05, 3.63) is 54.1 Å². The molecule has 4 rings (SSSR count). The van der Waals surface area contributed by atoms with E-state index in [4.69, 9.17) is 14.5 Å². The van der Waals surface area contributed by atoms with Crippen LogP contribution in [0.2, 0.25) is 0 Å². The molecule has 2 aromatic carbocycles. The molecule has 1 fully saturated rings. The number of rotatable bonds is 4. The largest absolute Gasteiger partial charge is 0.486 e. The van der Waals surface area contributed by atoms with Gasteiger partial charge < -0.3 is 14.4 Å². The first-order chi connectivity index (χ1) is 14.3. The molecule has 0 aliphatic carbocycles. The van der Waals surface area contributed by atoms with Crippen LogP contribution < -0.4 is 9.47 Å². The lowest BCUT2D eigenvalue weighted by Gasteiger charge is -2.24. The van der Waals surface area contributed by atoms with Crippen LogP contribution in [0.25, 0.3) is 0 Å². The van der Waals surface area contributed by atoms with Crippen LogP contribution in [0.5, 0.6) is 11.5 Å². The van der Waals surface area contributed by atoms with Crippen molar-refractivity contribution in [2.24, 2.45) is 4.99 Å². The Labute approximate surface area is 176 Å². The van der Waals surface area contributed by atoms with Gasteiger partial charge in [0.2, 0.25) is 0 Å². The van der Waals surface area contributed by atoms with Crippen molar-refractivity contribution < 1.29 is 14.3 Å². The summed E-state index contributed by atoms with van der Waals surface area (Å²) in [7, 11) is 0. The first-order valence-electron chi connectivity index (χ1n) is 10.2. The molecule has 0 amide bonds. The van der Waals surface area contributed by atoms with Crippen LogP contribution in [0, 0.1) is 0 Å². The third kappa shape index (κ3) is 5.32. The summed E-state index contributed by atoms with van der Waals surface area (Å²) in [4.78, 5) is 20.1. The van der Waals surface area contributed by atoms with E-state index >= 15 is 0 Å². The van der Waals surface area contributed by atoms with E-state index in [9.17, 15) is 4.79 Å². The maximum absolute atomic E-state index is 12.8. The molecule has 0 aromatic heterocycles. The predicted molar refractivity (Wildman–Crippen MR) is 118 cm³/mol. The number of Topliss-reactive ketones (excluding diaryl/α,β-unsaturated/α-hetero) is 1. The summed E-state index contributed by atoms with van der Waals surface area (Å²) in [6.07, 6.45) is 4.86. The Morgan fingerprint density at radius 3 is 2.41 bits per heavy atom. The highest BCUT2D eigenvalue weighted by Gasteiger charge is 2.19. The third-order valence-electron chi connectivity index (χ3n) is 5.05. The van der Waals surface area contributed by atoms with Gasteiger partial charge in [0.1, 0.15) is 13.2 Å². The number of carbonyl (C=O) groups excluding carboxylic acids is 1. The summed E-state index contributed by atoms with van der Waals surface area (Å²) in [5.41, 5.74) is 1.57. The number of ether oxygens (including phenoxy) is 2. The number of amidine groups is 1. The van der Waals surface area contributed by atoms with Gasteiger partial charge in [-0.3, -0.25) is 4.79 Å². The van der Waals surface area contributed by atoms with Gasteiger partial charge >= 0.3 is 0 Å². The van der Waals surface area contributed by atoms with Crippen LogP contribution in [0.4, 0.5) is 5.69 Å². The molecular weight excluding hydrogens is 384 g/mol. The molecular formula is C23H26N2O3S. The molecule has 2 aliphatic rings. The minimum Gasteiger partial charge on any atom is -0.486 e. The highest BCUT2D eigenvalue weighted by Crippen LogP contribution is 2.31. The molecule has 29 heavy (non-hydrogen) atoms. The predicted octanol–water partition coefficient (Wildman–Crippen LogP) is 4.94. The van der Waals surface area contributed by atoms with Crippen molar-refractivity contribution in [3.8, 4) is 11.5 Å². The SMILES string of the molecule is O=C(CSC(=Nc1ccccc1)N1CCCCCC1)c1ccc2c(c1)OCCO2. The summed E-state index contributed by atoms with van der Waals surface area (Å²) in [5, 5.41) is 0.934. The van der Waals surface area contributed by atoms with E-state index in [-0.39, 0.29) is 5.78 Å². The molecule has 0 radical (unpaired) electrons. The lowest BCUT2D eigenvalue weighted by molar-refractivity contribution is 0.102. The van der Waals surface area contributed by atoms with E-state index < -0.39 is 0 Å². The number of para-hydroxylation sites is 1. The van der Waals surface area contributed by atoms with Gasteiger partial charge in [-0.15, -0.1) is 0 Å². The normalized spacial score (nSPS) is 17.0. The van der Waals surface area contributed by atoms with Crippen LogP contribution in [0.1, 0.15) is 36.0 Å². The second-order valence-electron chi connectivity index (χ2n) is 7.20. The number of hydrogen-bond acceptors (Lipinski definition) is 5. The second kappa shape index (κ2) is 9.83. The summed E-state index contributed by atoms with van der Waals surface area (Å²) in [5.74, 6) is 1.78. The first kappa shape index (κ1) is 19.8. The van der Waals surface area contributed by atoms with Crippen LogP contribution in [-0.2, 0) is 0 Å². The average molecular weight is 411 g/mol. The molecule has 2 heterocycles. The molecule has 6 heteroatoms. The fourth-order valence-electron chi connectivity index (χ4n) is 3.50. The van der Waals surface area contributed by atoms with Crippen molar-refractivity contribution in [1.82, 2.24) is 4.90 Å². The van der Waals surface area contributed by atoms with Gasteiger partial charge in [0.15, 0.2) is 22.4 Å². The molecule has 0 unspecified atom stereocenters. The van der Waals surface area contributed by atoms with Gasteiger partial charge in [-0.1, -0.05) is 42.8 Å². The minimum absolute atomic E-state index is 0.0718. The highest BCUT2D eigenvalue weighted by molar-refractivity contribution is 8.14. The van der Waals surface area contributed by atoms with Crippen molar-refractivity contribution >= 4 is 28.4 Å². The van der Waals surface area contributed by atoms with Crippen molar-refractivity contribution in [2.75, 3.05) is 32.1 Å². The lowest BCUT2D eigenvalue weighted by Crippen LogP contribution is -2.30. The summed E-state index contributed by atoms with van der Waals surface area (Å²) in [6.45, 7) is 3.06. The Hall–Kier alpha value is -2.47. The van der Waals surface area contributed by atoms with Crippen LogP contribution >= 0.6 is 11.8 Å². The molecule has 152 valence electrons. The molecule has 1 saturated heterocycles.